The highest BCUT2D eigenvalue weighted by atomic mass is 16.5. The zero-order valence-corrected chi connectivity index (χ0v) is 11.5. The number of hydrogen-bond acceptors (Lipinski definition) is 4. The Morgan fingerprint density at radius 3 is 2.55 bits per heavy atom. The number of methoxy groups -OCH3 is 1. The highest BCUT2D eigenvalue weighted by Gasteiger charge is 2.31. The fourth-order valence-corrected chi connectivity index (χ4v) is 2.14. The second kappa shape index (κ2) is 7.09. The van der Waals surface area contributed by atoms with E-state index < -0.39 is 30.4 Å². The average Bonchev–Trinajstić information content (AvgIpc) is 2.37. The summed E-state index contributed by atoms with van der Waals surface area (Å²) in [6, 6.07) is -2.01. The monoisotopic (exact) mass is 288 g/mol. The van der Waals surface area contributed by atoms with Crippen molar-refractivity contribution >= 4 is 18.0 Å². The molecular formula is C12H20N2O6. The predicted molar refractivity (Wildman–Crippen MR) is 68.4 cm³/mol. The zero-order valence-electron chi connectivity index (χ0n) is 11.5. The molecule has 2 unspecified atom stereocenters. The van der Waals surface area contributed by atoms with Crippen molar-refractivity contribution in [2.45, 2.75) is 31.9 Å². The summed E-state index contributed by atoms with van der Waals surface area (Å²) in [6.45, 7) is 2.88. The third-order valence-corrected chi connectivity index (χ3v) is 3.45. The van der Waals surface area contributed by atoms with Crippen LogP contribution in [0.2, 0.25) is 0 Å². The molecule has 20 heavy (non-hydrogen) atoms. The van der Waals surface area contributed by atoms with Gasteiger partial charge >= 0.3 is 18.0 Å². The third-order valence-electron chi connectivity index (χ3n) is 3.45. The normalized spacial score (nSPS) is 24.0. The number of carboxylic acid groups (broad SMARTS) is 2. The molecule has 0 radical (unpaired) electrons. The molecular weight excluding hydrogens is 268 g/mol. The van der Waals surface area contributed by atoms with Gasteiger partial charge in [-0.3, -0.25) is 4.79 Å². The quantitative estimate of drug-likeness (QED) is 0.654. The smallest absolute Gasteiger partial charge is 0.326 e. The molecule has 0 saturated carbocycles. The zero-order chi connectivity index (χ0) is 15.3. The summed E-state index contributed by atoms with van der Waals surface area (Å²) >= 11 is 0. The number of urea groups is 1. The van der Waals surface area contributed by atoms with Crippen molar-refractivity contribution in [1.82, 2.24) is 10.2 Å². The minimum Gasteiger partial charge on any atom is -0.481 e. The maximum absolute atomic E-state index is 12.0. The molecule has 0 aromatic rings. The van der Waals surface area contributed by atoms with E-state index in [2.05, 4.69) is 5.32 Å². The highest BCUT2D eigenvalue weighted by molar-refractivity contribution is 5.86. The molecule has 0 bridgehead atoms. The van der Waals surface area contributed by atoms with Crippen LogP contribution in [0.3, 0.4) is 0 Å². The molecule has 1 heterocycles. The van der Waals surface area contributed by atoms with Crippen LogP contribution in [0.25, 0.3) is 0 Å². The minimum atomic E-state index is -1.43. The second-order valence-corrected chi connectivity index (χ2v) is 4.92. The summed E-state index contributed by atoms with van der Waals surface area (Å²) in [7, 11) is 1.56. The maximum atomic E-state index is 12.0. The van der Waals surface area contributed by atoms with Gasteiger partial charge in [0.2, 0.25) is 0 Å². The van der Waals surface area contributed by atoms with Gasteiger partial charge in [-0.2, -0.15) is 0 Å². The molecule has 0 aliphatic carbocycles. The van der Waals surface area contributed by atoms with Crippen molar-refractivity contribution in [1.29, 1.82) is 0 Å². The number of piperidine rings is 1. The molecule has 0 spiro atoms. The van der Waals surface area contributed by atoms with Gasteiger partial charge < -0.3 is 25.2 Å². The SMILES string of the molecule is COC1CN(C(=O)N[C@H](CC(=O)O)C(=O)O)CCC1C. The van der Waals surface area contributed by atoms with Crippen molar-refractivity contribution in [2.75, 3.05) is 20.2 Å². The van der Waals surface area contributed by atoms with Crippen molar-refractivity contribution in [3.8, 4) is 0 Å². The molecule has 2 amide bonds. The summed E-state index contributed by atoms with van der Waals surface area (Å²) in [4.78, 5) is 34.9. The van der Waals surface area contributed by atoms with Crippen LogP contribution in [0.1, 0.15) is 19.8 Å². The highest BCUT2D eigenvalue weighted by Crippen LogP contribution is 2.19. The summed E-state index contributed by atoms with van der Waals surface area (Å²) < 4.78 is 5.27. The van der Waals surface area contributed by atoms with E-state index in [4.69, 9.17) is 14.9 Å². The molecule has 8 nitrogen and oxygen atoms in total. The number of rotatable bonds is 5. The van der Waals surface area contributed by atoms with Gasteiger partial charge in [0.15, 0.2) is 0 Å². The lowest BCUT2D eigenvalue weighted by molar-refractivity contribution is -0.145. The van der Waals surface area contributed by atoms with E-state index in [0.717, 1.165) is 6.42 Å². The van der Waals surface area contributed by atoms with E-state index in [1.54, 1.807) is 7.11 Å². The van der Waals surface area contributed by atoms with Crippen LogP contribution in [0.5, 0.6) is 0 Å². The number of amides is 2. The van der Waals surface area contributed by atoms with Crippen molar-refractivity contribution in [3.05, 3.63) is 0 Å². The first-order chi connectivity index (χ1) is 9.35. The molecule has 0 aromatic heterocycles. The molecule has 8 heteroatoms. The van der Waals surface area contributed by atoms with Crippen molar-refractivity contribution in [2.24, 2.45) is 5.92 Å². The number of carbonyl (C=O) groups excluding carboxylic acids is 1. The number of ether oxygens (including phenoxy) is 1. The van der Waals surface area contributed by atoms with Gasteiger partial charge in [-0.05, 0) is 12.3 Å². The minimum absolute atomic E-state index is 0.0998. The van der Waals surface area contributed by atoms with Crippen LogP contribution in [0.4, 0.5) is 4.79 Å². The fourth-order valence-electron chi connectivity index (χ4n) is 2.14. The number of carbonyl (C=O) groups is 3. The van der Waals surface area contributed by atoms with E-state index in [9.17, 15) is 14.4 Å². The first-order valence-electron chi connectivity index (χ1n) is 6.38. The van der Waals surface area contributed by atoms with E-state index in [1.165, 1.54) is 4.90 Å². The second-order valence-electron chi connectivity index (χ2n) is 4.92. The van der Waals surface area contributed by atoms with Crippen LogP contribution in [-0.2, 0) is 14.3 Å². The van der Waals surface area contributed by atoms with E-state index in [-0.39, 0.29) is 6.10 Å². The molecule has 1 saturated heterocycles. The molecule has 1 aliphatic heterocycles. The average molecular weight is 288 g/mol. The molecule has 1 fully saturated rings. The topological polar surface area (TPSA) is 116 Å². The Hall–Kier alpha value is -1.83. The van der Waals surface area contributed by atoms with Gasteiger partial charge in [-0.25, -0.2) is 9.59 Å². The number of carboxylic acids is 2. The van der Waals surface area contributed by atoms with Crippen LogP contribution >= 0.6 is 0 Å². The Morgan fingerprint density at radius 2 is 2.05 bits per heavy atom. The Kier molecular flexibility index (Phi) is 5.75. The lowest BCUT2D eigenvalue weighted by atomic mass is 9.96. The first kappa shape index (κ1) is 16.2. The number of likely N-dealkylation sites (tertiary alicyclic amines) is 1. The summed E-state index contributed by atoms with van der Waals surface area (Å²) in [6.07, 6.45) is -0.000940. The largest absolute Gasteiger partial charge is 0.481 e. The molecule has 0 aromatic carbocycles. The van der Waals surface area contributed by atoms with Gasteiger partial charge in [0.05, 0.1) is 12.5 Å². The third kappa shape index (κ3) is 4.37. The van der Waals surface area contributed by atoms with Gasteiger partial charge in [0.1, 0.15) is 6.04 Å². The predicted octanol–water partition coefficient (Wildman–Crippen LogP) is -0.0193. The number of nitrogens with one attached hydrogen (secondary N) is 1. The van der Waals surface area contributed by atoms with E-state index in [0.29, 0.717) is 19.0 Å². The molecule has 3 N–H and O–H groups in total. The van der Waals surface area contributed by atoms with E-state index >= 15 is 0 Å². The Morgan fingerprint density at radius 1 is 1.40 bits per heavy atom. The van der Waals surface area contributed by atoms with Gasteiger partial charge in [0.25, 0.3) is 0 Å². The summed E-state index contributed by atoms with van der Waals surface area (Å²) in [5.74, 6) is -2.33. The van der Waals surface area contributed by atoms with Crippen LogP contribution < -0.4 is 5.32 Å². The van der Waals surface area contributed by atoms with Crippen molar-refractivity contribution in [3.63, 3.8) is 0 Å². The Balaban J connectivity index is 2.60. The fraction of sp³-hybridized carbons (Fsp3) is 0.750. The number of hydrogen-bond donors (Lipinski definition) is 3. The molecule has 114 valence electrons. The van der Waals surface area contributed by atoms with Gasteiger partial charge in [-0.1, -0.05) is 6.92 Å². The summed E-state index contributed by atoms with van der Waals surface area (Å²) in [5, 5.41) is 19.7. The number of nitrogens with zero attached hydrogens (tertiary/aromatic N) is 1. The lowest BCUT2D eigenvalue weighted by Crippen LogP contribution is -2.54. The van der Waals surface area contributed by atoms with Gasteiger partial charge in [-0.15, -0.1) is 0 Å². The maximum Gasteiger partial charge on any atom is 0.326 e. The molecule has 1 aliphatic rings. The van der Waals surface area contributed by atoms with Crippen LogP contribution in [-0.4, -0.2) is 65.4 Å². The van der Waals surface area contributed by atoms with Crippen molar-refractivity contribution < 1.29 is 29.3 Å². The first-order valence-corrected chi connectivity index (χ1v) is 6.38. The Bertz CT molecular complexity index is 386. The number of aliphatic carboxylic acids is 2. The standard InChI is InChI=1S/C12H20N2O6/c1-7-3-4-14(6-9(7)20-2)12(19)13-8(11(17)18)5-10(15)16/h7-9H,3-6H2,1-2H3,(H,13,19)(H,15,16)(H,17,18)/t7?,8-,9?/m1/s1. The lowest BCUT2D eigenvalue weighted by Gasteiger charge is -2.36. The van der Waals surface area contributed by atoms with Crippen LogP contribution in [0, 0.1) is 5.92 Å². The van der Waals surface area contributed by atoms with E-state index in [1.807, 2.05) is 6.92 Å². The van der Waals surface area contributed by atoms with Crippen LogP contribution in [0.15, 0.2) is 0 Å². The molecule has 3 atom stereocenters. The summed E-state index contributed by atoms with van der Waals surface area (Å²) in [5.41, 5.74) is 0. The molecule has 1 rings (SSSR count). The Labute approximate surface area is 116 Å². The van der Waals surface area contributed by atoms with Gasteiger partial charge in [0, 0.05) is 20.2 Å².